The lowest BCUT2D eigenvalue weighted by Gasteiger charge is -2.22. The van der Waals surface area contributed by atoms with Crippen molar-refractivity contribution in [1.29, 1.82) is 0 Å². The summed E-state index contributed by atoms with van der Waals surface area (Å²) in [4.78, 5) is 2.49. The van der Waals surface area contributed by atoms with E-state index in [0.717, 1.165) is 25.4 Å². The Morgan fingerprint density at radius 3 is 2.78 bits per heavy atom. The summed E-state index contributed by atoms with van der Waals surface area (Å²) < 4.78 is 11.3. The van der Waals surface area contributed by atoms with E-state index in [1.54, 1.807) is 0 Å². The standard InChI is InChI=1S/C19H20ClNO2/c20-17-10-14(11-18-19(17)23-9-8-22-18)12-21-7-6-16(13-21)15-4-2-1-3-5-15/h1-5,10-11,16H,6-9,12-13H2. The van der Waals surface area contributed by atoms with Gasteiger partial charge in [-0.1, -0.05) is 41.9 Å². The lowest BCUT2D eigenvalue weighted by Crippen LogP contribution is -2.20. The van der Waals surface area contributed by atoms with E-state index in [-0.39, 0.29) is 0 Å². The zero-order valence-electron chi connectivity index (χ0n) is 13.0. The average Bonchev–Trinajstić information content (AvgIpc) is 3.04. The Kier molecular flexibility index (Phi) is 4.15. The Morgan fingerprint density at radius 2 is 1.91 bits per heavy atom. The number of rotatable bonds is 3. The molecule has 0 N–H and O–H groups in total. The molecule has 0 aromatic heterocycles. The highest BCUT2D eigenvalue weighted by atomic mass is 35.5. The van der Waals surface area contributed by atoms with Crippen LogP contribution in [0.1, 0.15) is 23.5 Å². The van der Waals surface area contributed by atoms with Gasteiger partial charge in [0.05, 0.1) is 5.02 Å². The van der Waals surface area contributed by atoms with Crippen LogP contribution in [0.5, 0.6) is 11.5 Å². The Hall–Kier alpha value is -1.71. The quantitative estimate of drug-likeness (QED) is 0.846. The molecule has 2 aliphatic heterocycles. The molecular weight excluding hydrogens is 310 g/mol. The number of hydrogen-bond donors (Lipinski definition) is 0. The van der Waals surface area contributed by atoms with Gasteiger partial charge in [0.1, 0.15) is 13.2 Å². The summed E-state index contributed by atoms with van der Waals surface area (Å²) >= 11 is 6.33. The fourth-order valence-corrected chi connectivity index (χ4v) is 3.78. The van der Waals surface area contributed by atoms with E-state index in [0.29, 0.717) is 29.9 Å². The number of nitrogens with zero attached hydrogens (tertiary/aromatic N) is 1. The molecule has 3 nitrogen and oxygen atoms in total. The maximum Gasteiger partial charge on any atom is 0.179 e. The Bertz CT molecular complexity index is 689. The first kappa shape index (κ1) is 14.9. The van der Waals surface area contributed by atoms with Crippen molar-refractivity contribution < 1.29 is 9.47 Å². The second-order valence-electron chi connectivity index (χ2n) is 6.23. The zero-order chi connectivity index (χ0) is 15.6. The van der Waals surface area contributed by atoms with Gasteiger partial charge in [0.2, 0.25) is 0 Å². The van der Waals surface area contributed by atoms with Gasteiger partial charge in [0.15, 0.2) is 11.5 Å². The van der Waals surface area contributed by atoms with Crippen LogP contribution in [0.25, 0.3) is 0 Å². The molecule has 0 aliphatic carbocycles. The van der Waals surface area contributed by atoms with Gasteiger partial charge in [0.25, 0.3) is 0 Å². The summed E-state index contributed by atoms with van der Waals surface area (Å²) in [5.41, 5.74) is 2.63. The maximum absolute atomic E-state index is 6.33. The summed E-state index contributed by atoms with van der Waals surface area (Å²) in [7, 11) is 0. The summed E-state index contributed by atoms with van der Waals surface area (Å²) in [6, 6.07) is 14.9. The molecule has 0 radical (unpaired) electrons. The highest BCUT2D eigenvalue weighted by molar-refractivity contribution is 6.32. The Labute approximate surface area is 141 Å². The van der Waals surface area contributed by atoms with Crippen LogP contribution in [-0.4, -0.2) is 31.2 Å². The molecule has 2 aromatic rings. The molecule has 2 aliphatic rings. The lowest BCUT2D eigenvalue weighted by atomic mass is 9.99. The Morgan fingerprint density at radius 1 is 1.09 bits per heavy atom. The van der Waals surface area contributed by atoms with E-state index in [1.807, 2.05) is 6.07 Å². The Balaban J connectivity index is 1.46. The van der Waals surface area contributed by atoms with E-state index < -0.39 is 0 Å². The van der Waals surface area contributed by atoms with Crippen LogP contribution in [-0.2, 0) is 6.54 Å². The van der Waals surface area contributed by atoms with Crippen LogP contribution < -0.4 is 9.47 Å². The molecular formula is C19H20ClNO2. The third kappa shape index (κ3) is 3.17. The molecule has 4 rings (SSSR count). The first-order valence-corrected chi connectivity index (χ1v) is 8.53. The molecule has 1 fully saturated rings. The van der Waals surface area contributed by atoms with E-state index in [9.17, 15) is 0 Å². The van der Waals surface area contributed by atoms with E-state index in [2.05, 4.69) is 41.3 Å². The van der Waals surface area contributed by atoms with Crippen molar-refractivity contribution in [1.82, 2.24) is 4.90 Å². The van der Waals surface area contributed by atoms with Crippen LogP contribution in [0.4, 0.5) is 0 Å². The van der Waals surface area contributed by atoms with Gasteiger partial charge in [-0.05, 0) is 42.1 Å². The van der Waals surface area contributed by atoms with Gasteiger partial charge in [-0.25, -0.2) is 0 Å². The van der Waals surface area contributed by atoms with Crippen LogP contribution in [0.2, 0.25) is 5.02 Å². The average molecular weight is 330 g/mol. The number of hydrogen-bond acceptors (Lipinski definition) is 3. The monoisotopic (exact) mass is 329 g/mol. The van der Waals surface area contributed by atoms with Crippen LogP contribution in [0.15, 0.2) is 42.5 Å². The van der Waals surface area contributed by atoms with Gasteiger partial charge in [-0.2, -0.15) is 0 Å². The molecule has 4 heteroatoms. The molecule has 2 aromatic carbocycles. The molecule has 0 spiro atoms. The predicted molar refractivity (Wildman–Crippen MR) is 91.5 cm³/mol. The number of ether oxygens (including phenoxy) is 2. The van der Waals surface area contributed by atoms with Crippen molar-refractivity contribution in [3.05, 3.63) is 58.6 Å². The molecule has 1 atom stereocenters. The summed E-state index contributed by atoms with van der Waals surface area (Å²) in [5.74, 6) is 2.09. The molecule has 0 saturated carbocycles. The minimum absolute atomic E-state index is 0.566. The molecule has 2 heterocycles. The minimum Gasteiger partial charge on any atom is -0.486 e. The van der Waals surface area contributed by atoms with Crippen LogP contribution in [0, 0.1) is 0 Å². The molecule has 23 heavy (non-hydrogen) atoms. The van der Waals surface area contributed by atoms with Crippen molar-refractivity contribution in [2.24, 2.45) is 0 Å². The molecule has 1 saturated heterocycles. The first-order valence-electron chi connectivity index (χ1n) is 8.15. The van der Waals surface area contributed by atoms with Crippen LogP contribution in [0.3, 0.4) is 0 Å². The highest BCUT2D eigenvalue weighted by Crippen LogP contribution is 2.39. The van der Waals surface area contributed by atoms with Crippen molar-refractivity contribution in [3.8, 4) is 11.5 Å². The number of halogens is 1. The highest BCUT2D eigenvalue weighted by Gasteiger charge is 2.24. The van der Waals surface area contributed by atoms with E-state index in [4.69, 9.17) is 21.1 Å². The van der Waals surface area contributed by atoms with Gasteiger partial charge < -0.3 is 9.47 Å². The molecule has 1 unspecified atom stereocenters. The number of benzene rings is 2. The van der Waals surface area contributed by atoms with Crippen molar-refractivity contribution in [2.45, 2.75) is 18.9 Å². The topological polar surface area (TPSA) is 21.7 Å². The number of likely N-dealkylation sites (tertiary alicyclic amines) is 1. The largest absolute Gasteiger partial charge is 0.486 e. The second kappa shape index (κ2) is 6.42. The van der Waals surface area contributed by atoms with Crippen molar-refractivity contribution in [2.75, 3.05) is 26.3 Å². The fraction of sp³-hybridized carbons (Fsp3) is 0.368. The van der Waals surface area contributed by atoms with Gasteiger partial charge in [-0.3, -0.25) is 4.90 Å². The first-order chi connectivity index (χ1) is 11.3. The fourth-order valence-electron chi connectivity index (χ4n) is 3.49. The third-order valence-electron chi connectivity index (χ3n) is 4.61. The molecule has 0 bridgehead atoms. The molecule has 120 valence electrons. The number of fused-ring (bicyclic) bond motifs is 1. The third-order valence-corrected chi connectivity index (χ3v) is 4.89. The second-order valence-corrected chi connectivity index (χ2v) is 6.64. The van der Waals surface area contributed by atoms with Gasteiger partial charge in [0, 0.05) is 13.1 Å². The predicted octanol–water partition coefficient (Wildman–Crippen LogP) is 4.10. The van der Waals surface area contributed by atoms with Gasteiger partial charge in [-0.15, -0.1) is 0 Å². The zero-order valence-corrected chi connectivity index (χ0v) is 13.8. The van der Waals surface area contributed by atoms with Crippen molar-refractivity contribution >= 4 is 11.6 Å². The summed E-state index contributed by atoms with van der Waals surface area (Å²) in [6.07, 6.45) is 1.21. The maximum atomic E-state index is 6.33. The van der Waals surface area contributed by atoms with E-state index >= 15 is 0 Å². The summed E-state index contributed by atoms with van der Waals surface area (Å²) in [5, 5.41) is 0.649. The smallest absolute Gasteiger partial charge is 0.179 e. The normalized spacial score (nSPS) is 20.7. The van der Waals surface area contributed by atoms with Crippen LogP contribution >= 0.6 is 11.6 Å². The SMILES string of the molecule is Clc1cc(CN2CCC(c3ccccc3)C2)cc2c1OCCO2. The lowest BCUT2D eigenvalue weighted by molar-refractivity contribution is 0.171. The van der Waals surface area contributed by atoms with E-state index in [1.165, 1.54) is 17.5 Å². The van der Waals surface area contributed by atoms with Gasteiger partial charge >= 0.3 is 0 Å². The van der Waals surface area contributed by atoms with Crippen molar-refractivity contribution in [3.63, 3.8) is 0 Å². The molecule has 0 amide bonds. The minimum atomic E-state index is 0.566. The summed E-state index contributed by atoms with van der Waals surface area (Å²) in [6.45, 7) is 4.27.